The maximum Gasteiger partial charge on any atom is 0.310 e. The van der Waals surface area contributed by atoms with Gasteiger partial charge in [-0.2, -0.15) is 0 Å². The lowest BCUT2D eigenvalue weighted by Gasteiger charge is -2.37. The van der Waals surface area contributed by atoms with E-state index in [0.717, 1.165) is 36.1 Å². The van der Waals surface area contributed by atoms with Gasteiger partial charge in [0.25, 0.3) is 0 Å². The number of aryl methyl sites for hydroxylation is 1. The summed E-state index contributed by atoms with van der Waals surface area (Å²) in [6, 6.07) is 17.4. The van der Waals surface area contributed by atoms with Gasteiger partial charge in [0.2, 0.25) is 0 Å². The molecule has 0 N–H and O–H groups in total. The van der Waals surface area contributed by atoms with Gasteiger partial charge in [0, 0.05) is 12.1 Å². The largest absolute Gasteiger partial charge is 0.460 e. The van der Waals surface area contributed by atoms with E-state index in [-0.39, 0.29) is 24.3 Å². The summed E-state index contributed by atoms with van der Waals surface area (Å²) in [5.74, 6) is 0.274. The molecule has 148 valence electrons. The van der Waals surface area contributed by atoms with Crippen LogP contribution in [0.2, 0.25) is 0 Å². The topological polar surface area (TPSA) is 46.6 Å². The Bertz CT molecular complexity index is 785. The van der Waals surface area contributed by atoms with E-state index in [9.17, 15) is 9.59 Å². The Morgan fingerprint density at radius 3 is 2.46 bits per heavy atom. The van der Waals surface area contributed by atoms with E-state index in [4.69, 9.17) is 4.74 Å². The van der Waals surface area contributed by atoms with Gasteiger partial charge in [0.15, 0.2) is 5.78 Å². The third-order valence-electron chi connectivity index (χ3n) is 5.52. The Labute approximate surface area is 167 Å². The first-order chi connectivity index (χ1) is 13.5. The molecule has 1 heterocycles. The van der Waals surface area contributed by atoms with E-state index in [1.54, 1.807) is 0 Å². The van der Waals surface area contributed by atoms with Crippen LogP contribution >= 0.6 is 0 Å². The third-order valence-corrected chi connectivity index (χ3v) is 5.52. The molecule has 0 bridgehead atoms. The summed E-state index contributed by atoms with van der Waals surface area (Å²) in [4.78, 5) is 27.1. The molecule has 0 aromatic heterocycles. The molecule has 2 aromatic carbocycles. The number of ketones is 1. The van der Waals surface area contributed by atoms with Crippen molar-refractivity contribution in [3.63, 3.8) is 0 Å². The van der Waals surface area contributed by atoms with Crippen LogP contribution in [0.15, 0.2) is 54.6 Å². The average Bonchev–Trinajstić information content (AvgIpc) is 2.69. The number of carbonyl (C=O) groups excluding carboxylic acids is 2. The SMILES string of the molecule is CCC1CCN(CC(=O)c2ccc(C)cc2)C[C@@H]1OC(=O)Cc1ccccc1. The van der Waals surface area contributed by atoms with E-state index >= 15 is 0 Å². The van der Waals surface area contributed by atoms with Crippen LogP contribution in [0.3, 0.4) is 0 Å². The number of hydrogen-bond donors (Lipinski definition) is 0. The van der Waals surface area contributed by atoms with Crippen LogP contribution < -0.4 is 0 Å². The van der Waals surface area contributed by atoms with Gasteiger partial charge in [-0.3, -0.25) is 14.5 Å². The average molecular weight is 380 g/mol. The van der Waals surface area contributed by atoms with Crippen LogP contribution in [0.5, 0.6) is 0 Å². The van der Waals surface area contributed by atoms with Crippen molar-refractivity contribution in [2.24, 2.45) is 5.92 Å². The van der Waals surface area contributed by atoms with Crippen LogP contribution in [0.1, 0.15) is 41.3 Å². The fourth-order valence-electron chi connectivity index (χ4n) is 3.78. The molecule has 28 heavy (non-hydrogen) atoms. The van der Waals surface area contributed by atoms with Crippen molar-refractivity contribution >= 4 is 11.8 Å². The maximum absolute atomic E-state index is 12.6. The zero-order valence-corrected chi connectivity index (χ0v) is 16.8. The van der Waals surface area contributed by atoms with E-state index in [1.165, 1.54) is 0 Å². The highest BCUT2D eigenvalue weighted by molar-refractivity contribution is 5.97. The third kappa shape index (κ3) is 5.52. The summed E-state index contributed by atoms with van der Waals surface area (Å²) in [6.45, 7) is 6.00. The van der Waals surface area contributed by atoms with Gasteiger partial charge in [-0.15, -0.1) is 0 Å². The molecule has 1 aliphatic heterocycles. The van der Waals surface area contributed by atoms with E-state index < -0.39 is 0 Å². The second-order valence-corrected chi connectivity index (χ2v) is 7.67. The minimum atomic E-state index is -0.193. The van der Waals surface area contributed by atoms with Gasteiger partial charge in [-0.1, -0.05) is 67.1 Å². The lowest BCUT2D eigenvalue weighted by molar-refractivity contribution is -0.154. The Hall–Kier alpha value is -2.46. The number of carbonyl (C=O) groups is 2. The van der Waals surface area contributed by atoms with Crippen LogP contribution in [0, 0.1) is 12.8 Å². The second-order valence-electron chi connectivity index (χ2n) is 7.67. The van der Waals surface area contributed by atoms with E-state index in [1.807, 2.05) is 61.5 Å². The van der Waals surface area contributed by atoms with Crippen molar-refractivity contribution < 1.29 is 14.3 Å². The van der Waals surface area contributed by atoms with Crippen molar-refractivity contribution in [1.29, 1.82) is 0 Å². The van der Waals surface area contributed by atoms with Crippen molar-refractivity contribution in [1.82, 2.24) is 4.90 Å². The summed E-state index contributed by atoms with van der Waals surface area (Å²) in [7, 11) is 0. The monoisotopic (exact) mass is 379 g/mol. The predicted octanol–water partition coefficient (Wildman–Crippen LogP) is 4.06. The van der Waals surface area contributed by atoms with Gasteiger partial charge in [-0.25, -0.2) is 0 Å². The Kier molecular flexibility index (Phi) is 6.99. The van der Waals surface area contributed by atoms with Gasteiger partial charge in [0.1, 0.15) is 6.10 Å². The summed E-state index contributed by atoms with van der Waals surface area (Å²) < 4.78 is 5.84. The number of ether oxygens (including phenoxy) is 1. The normalized spacial score (nSPS) is 19.9. The number of esters is 1. The van der Waals surface area contributed by atoms with Crippen molar-refractivity contribution in [2.75, 3.05) is 19.6 Å². The molecule has 0 aliphatic carbocycles. The molecule has 2 atom stereocenters. The zero-order valence-electron chi connectivity index (χ0n) is 16.8. The van der Waals surface area contributed by atoms with Crippen LogP contribution in [0.4, 0.5) is 0 Å². The first-order valence-corrected chi connectivity index (χ1v) is 10.1. The van der Waals surface area contributed by atoms with Gasteiger partial charge >= 0.3 is 5.97 Å². The van der Waals surface area contributed by atoms with Gasteiger partial charge in [0.05, 0.1) is 13.0 Å². The summed E-state index contributed by atoms with van der Waals surface area (Å²) in [5.41, 5.74) is 2.84. The number of benzene rings is 2. The van der Waals surface area contributed by atoms with Crippen molar-refractivity contribution in [2.45, 2.75) is 39.2 Å². The molecular formula is C24H29NO3. The van der Waals surface area contributed by atoms with Crippen molar-refractivity contribution in [3.8, 4) is 0 Å². The molecular weight excluding hydrogens is 350 g/mol. The Morgan fingerprint density at radius 2 is 1.79 bits per heavy atom. The lowest BCUT2D eigenvalue weighted by atomic mass is 9.91. The van der Waals surface area contributed by atoms with Crippen LogP contribution in [0.25, 0.3) is 0 Å². The van der Waals surface area contributed by atoms with Gasteiger partial charge < -0.3 is 4.74 Å². The number of likely N-dealkylation sites (tertiary alicyclic amines) is 1. The number of Topliss-reactive ketones (excluding diaryl/α,β-unsaturated/α-hetero) is 1. The first kappa shape index (κ1) is 20.3. The van der Waals surface area contributed by atoms with Crippen molar-refractivity contribution in [3.05, 3.63) is 71.3 Å². The first-order valence-electron chi connectivity index (χ1n) is 10.1. The van der Waals surface area contributed by atoms with E-state index in [2.05, 4.69) is 11.8 Å². The minimum absolute atomic E-state index is 0.115. The summed E-state index contributed by atoms with van der Waals surface area (Å²) >= 11 is 0. The molecule has 1 saturated heterocycles. The molecule has 0 amide bonds. The van der Waals surface area contributed by atoms with Crippen LogP contribution in [-0.4, -0.2) is 42.4 Å². The Balaban J connectivity index is 1.58. The quantitative estimate of drug-likeness (QED) is 0.538. The molecule has 2 aromatic rings. The van der Waals surface area contributed by atoms with Crippen LogP contribution in [-0.2, 0) is 16.0 Å². The fourth-order valence-corrected chi connectivity index (χ4v) is 3.78. The number of piperidine rings is 1. The molecule has 4 nitrogen and oxygen atoms in total. The number of hydrogen-bond acceptors (Lipinski definition) is 4. The molecule has 0 saturated carbocycles. The highest BCUT2D eigenvalue weighted by Gasteiger charge is 2.31. The highest BCUT2D eigenvalue weighted by Crippen LogP contribution is 2.24. The maximum atomic E-state index is 12.6. The Morgan fingerprint density at radius 1 is 1.07 bits per heavy atom. The molecule has 1 unspecified atom stereocenters. The highest BCUT2D eigenvalue weighted by atomic mass is 16.5. The predicted molar refractivity (Wildman–Crippen MR) is 110 cm³/mol. The number of nitrogens with zero attached hydrogens (tertiary/aromatic N) is 1. The van der Waals surface area contributed by atoms with Gasteiger partial charge in [-0.05, 0) is 37.8 Å². The fraction of sp³-hybridized carbons (Fsp3) is 0.417. The molecule has 0 radical (unpaired) electrons. The smallest absolute Gasteiger partial charge is 0.310 e. The minimum Gasteiger partial charge on any atom is -0.460 e. The standard InChI is InChI=1S/C24H29NO3/c1-3-20-13-14-25(16-22(26)21-11-9-18(2)10-12-21)17-23(20)28-24(27)15-19-7-5-4-6-8-19/h4-12,20,23H,3,13-17H2,1-2H3/t20?,23-/m0/s1. The lowest BCUT2D eigenvalue weighted by Crippen LogP contribution is -2.47. The molecule has 3 rings (SSSR count). The summed E-state index contributed by atoms with van der Waals surface area (Å²) in [5, 5.41) is 0. The zero-order chi connectivity index (χ0) is 19.9. The second kappa shape index (κ2) is 9.65. The number of rotatable bonds is 7. The molecule has 0 spiro atoms. The summed E-state index contributed by atoms with van der Waals surface area (Å²) in [6.07, 6.45) is 2.06. The molecule has 1 aliphatic rings. The molecule has 4 heteroatoms. The molecule has 1 fully saturated rings. The van der Waals surface area contributed by atoms with E-state index in [0.29, 0.717) is 19.0 Å².